The van der Waals surface area contributed by atoms with Crippen molar-refractivity contribution < 1.29 is 4.52 Å². The van der Waals surface area contributed by atoms with E-state index in [2.05, 4.69) is 25.7 Å². The first kappa shape index (κ1) is 7.69. The molecule has 0 bridgehead atoms. The summed E-state index contributed by atoms with van der Waals surface area (Å²) < 4.78 is 4.55. The van der Waals surface area contributed by atoms with Crippen molar-refractivity contribution in [2.45, 2.75) is 19.9 Å². The molecule has 0 aromatic carbocycles. The van der Waals surface area contributed by atoms with Gasteiger partial charge in [0.05, 0.1) is 18.2 Å². The number of hydrogen-bond donors (Lipinski definition) is 0. The SMILES string of the molecule is CC(C)N=C=Nc1cnoc1. The molecule has 0 aliphatic carbocycles. The molecule has 0 unspecified atom stereocenters. The van der Waals surface area contributed by atoms with Crippen LogP contribution in [-0.2, 0) is 0 Å². The normalized spacial score (nSPS) is 9.36. The molecule has 0 N–H and O–H groups in total. The minimum Gasteiger partial charge on any atom is -0.362 e. The van der Waals surface area contributed by atoms with Crippen LogP contribution in [0.25, 0.3) is 0 Å². The highest BCUT2D eigenvalue weighted by Crippen LogP contribution is 2.06. The second-order valence-corrected chi connectivity index (χ2v) is 2.32. The van der Waals surface area contributed by atoms with E-state index in [0.29, 0.717) is 5.69 Å². The molecular formula is C7H9N3O. The van der Waals surface area contributed by atoms with E-state index in [-0.39, 0.29) is 6.04 Å². The van der Waals surface area contributed by atoms with Gasteiger partial charge in [0.2, 0.25) is 0 Å². The zero-order valence-electron chi connectivity index (χ0n) is 6.48. The second kappa shape index (κ2) is 3.68. The first-order chi connectivity index (χ1) is 5.29. The van der Waals surface area contributed by atoms with Crippen molar-refractivity contribution in [3.8, 4) is 0 Å². The van der Waals surface area contributed by atoms with Crippen LogP contribution >= 0.6 is 0 Å². The van der Waals surface area contributed by atoms with Gasteiger partial charge in [0.15, 0.2) is 0 Å². The van der Waals surface area contributed by atoms with Crippen molar-refractivity contribution in [3.05, 3.63) is 12.5 Å². The zero-order valence-corrected chi connectivity index (χ0v) is 6.48. The van der Waals surface area contributed by atoms with Gasteiger partial charge >= 0.3 is 0 Å². The summed E-state index contributed by atoms with van der Waals surface area (Å²) in [6.07, 6.45) is 2.94. The van der Waals surface area contributed by atoms with Crippen LogP contribution in [0, 0.1) is 0 Å². The summed E-state index contributed by atoms with van der Waals surface area (Å²) in [7, 11) is 0. The van der Waals surface area contributed by atoms with Crippen molar-refractivity contribution in [2.24, 2.45) is 9.98 Å². The third kappa shape index (κ3) is 2.78. The van der Waals surface area contributed by atoms with E-state index in [1.165, 1.54) is 12.5 Å². The third-order valence-corrected chi connectivity index (χ3v) is 0.914. The number of hydrogen-bond acceptors (Lipinski definition) is 4. The van der Waals surface area contributed by atoms with Gasteiger partial charge < -0.3 is 4.52 Å². The van der Waals surface area contributed by atoms with Crippen LogP contribution < -0.4 is 0 Å². The van der Waals surface area contributed by atoms with Crippen LogP contribution in [0.2, 0.25) is 0 Å². The average Bonchev–Trinajstić information content (AvgIpc) is 2.39. The van der Waals surface area contributed by atoms with Gasteiger partial charge in [-0.1, -0.05) is 5.16 Å². The van der Waals surface area contributed by atoms with Gasteiger partial charge in [-0.2, -0.15) is 4.99 Å². The van der Waals surface area contributed by atoms with E-state index >= 15 is 0 Å². The van der Waals surface area contributed by atoms with Gasteiger partial charge in [-0.3, -0.25) is 0 Å². The van der Waals surface area contributed by atoms with E-state index in [1.54, 1.807) is 0 Å². The van der Waals surface area contributed by atoms with Gasteiger partial charge in [0, 0.05) is 0 Å². The molecule has 1 rings (SSSR count). The number of nitrogens with zero attached hydrogens (tertiary/aromatic N) is 3. The Kier molecular flexibility index (Phi) is 2.58. The first-order valence-corrected chi connectivity index (χ1v) is 3.34. The Hall–Kier alpha value is -1.41. The Bertz CT molecular complexity index is 257. The van der Waals surface area contributed by atoms with Gasteiger partial charge in [0.1, 0.15) is 12.0 Å². The van der Waals surface area contributed by atoms with Crippen molar-refractivity contribution in [1.29, 1.82) is 0 Å². The molecule has 0 saturated heterocycles. The minimum atomic E-state index is 0.221. The number of aliphatic imine (C=N–C) groups is 2. The maximum Gasteiger partial charge on any atom is 0.150 e. The van der Waals surface area contributed by atoms with E-state index in [0.717, 1.165) is 0 Å². The van der Waals surface area contributed by atoms with E-state index in [9.17, 15) is 0 Å². The Morgan fingerprint density at radius 3 is 3.00 bits per heavy atom. The fourth-order valence-electron chi connectivity index (χ4n) is 0.457. The molecule has 0 aliphatic heterocycles. The van der Waals surface area contributed by atoms with Gasteiger partial charge in [-0.15, -0.1) is 0 Å². The third-order valence-electron chi connectivity index (χ3n) is 0.914. The smallest absolute Gasteiger partial charge is 0.150 e. The summed E-state index contributed by atoms with van der Waals surface area (Å²) >= 11 is 0. The summed E-state index contributed by atoms with van der Waals surface area (Å²) in [4.78, 5) is 7.75. The molecule has 0 atom stereocenters. The van der Waals surface area contributed by atoms with E-state index in [4.69, 9.17) is 0 Å². The topological polar surface area (TPSA) is 50.8 Å². The molecule has 4 nitrogen and oxygen atoms in total. The van der Waals surface area contributed by atoms with E-state index < -0.39 is 0 Å². The average molecular weight is 151 g/mol. The van der Waals surface area contributed by atoms with Crippen LogP contribution in [-0.4, -0.2) is 17.2 Å². The van der Waals surface area contributed by atoms with Crippen LogP contribution in [0.3, 0.4) is 0 Å². The Morgan fingerprint density at radius 1 is 1.64 bits per heavy atom. The van der Waals surface area contributed by atoms with Gasteiger partial charge in [-0.05, 0) is 13.8 Å². The Labute approximate surface area is 64.6 Å². The molecule has 1 aromatic heterocycles. The molecule has 1 aromatic rings. The monoisotopic (exact) mass is 151 g/mol. The Morgan fingerprint density at radius 2 is 2.45 bits per heavy atom. The maximum absolute atomic E-state index is 4.55. The lowest BCUT2D eigenvalue weighted by molar-refractivity contribution is 0.420. The lowest BCUT2D eigenvalue weighted by Gasteiger charge is -1.85. The lowest BCUT2D eigenvalue weighted by Crippen LogP contribution is -1.84. The fraction of sp³-hybridized carbons (Fsp3) is 0.429. The molecule has 0 radical (unpaired) electrons. The molecule has 0 aliphatic rings. The molecule has 0 saturated carbocycles. The van der Waals surface area contributed by atoms with Crippen LogP contribution in [0.15, 0.2) is 27.0 Å². The Balaban J connectivity index is 2.62. The largest absolute Gasteiger partial charge is 0.362 e. The summed E-state index contributed by atoms with van der Waals surface area (Å²) in [5.41, 5.74) is 0.634. The highest BCUT2D eigenvalue weighted by atomic mass is 16.5. The predicted molar refractivity (Wildman–Crippen MR) is 41.2 cm³/mol. The summed E-state index contributed by atoms with van der Waals surface area (Å²) in [6, 6.07) is 2.76. The van der Waals surface area contributed by atoms with Crippen LogP contribution in [0.5, 0.6) is 0 Å². The quantitative estimate of drug-likeness (QED) is 0.606. The molecule has 0 fully saturated rings. The minimum absolute atomic E-state index is 0.221. The molecular weight excluding hydrogens is 142 g/mol. The van der Waals surface area contributed by atoms with Crippen molar-refractivity contribution in [3.63, 3.8) is 0 Å². The summed E-state index contributed by atoms with van der Waals surface area (Å²) in [5, 5.41) is 3.47. The highest BCUT2D eigenvalue weighted by molar-refractivity contribution is 5.50. The van der Waals surface area contributed by atoms with Gasteiger partial charge in [0.25, 0.3) is 0 Å². The standard InChI is InChI=1S/C7H9N3O/c1-6(2)8-5-9-7-3-10-11-4-7/h3-4,6H,1-2H3. The lowest BCUT2D eigenvalue weighted by atomic mass is 10.4. The summed E-state index contributed by atoms with van der Waals surface area (Å²) in [6.45, 7) is 3.91. The first-order valence-electron chi connectivity index (χ1n) is 3.34. The zero-order chi connectivity index (χ0) is 8.10. The fourth-order valence-corrected chi connectivity index (χ4v) is 0.457. The van der Waals surface area contributed by atoms with Gasteiger partial charge in [-0.25, -0.2) is 4.99 Å². The number of rotatable bonds is 2. The molecule has 4 heteroatoms. The van der Waals surface area contributed by atoms with Crippen molar-refractivity contribution >= 4 is 11.7 Å². The van der Waals surface area contributed by atoms with Crippen molar-refractivity contribution in [1.82, 2.24) is 5.16 Å². The molecule has 11 heavy (non-hydrogen) atoms. The van der Waals surface area contributed by atoms with Crippen LogP contribution in [0.4, 0.5) is 5.69 Å². The van der Waals surface area contributed by atoms with Crippen LogP contribution in [0.1, 0.15) is 13.8 Å². The molecule has 0 spiro atoms. The summed E-state index contributed by atoms with van der Waals surface area (Å²) in [5.74, 6) is 0. The molecule has 1 heterocycles. The number of aromatic nitrogens is 1. The predicted octanol–water partition coefficient (Wildman–Crippen LogP) is 1.89. The maximum atomic E-state index is 4.55. The second-order valence-electron chi connectivity index (χ2n) is 2.32. The van der Waals surface area contributed by atoms with Crippen molar-refractivity contribution in [2.75, 3.05) is 0 Å². The highest BCUT2D eigenvalue weighted by Gasteiger charge is 1.87. The van der Waals surface area contributed by atoms with E-state index in [1.807, 2.05) is 13.8 Å². The molecule has 0 amide bonds. The molecule has 58 valence electrons.